The van der Waals surface area contributed by atoms with E-state index in [1.807, 2.05) is 7.05 Å². The second kappa shape index (κ2) is 5.47. The average molecular weight is 214 g/mol. The van der Waals surface area contributed by atoms with E-state index in [-0.39, 0.29) is 12.5 Å². The van der Waals surface area contributed by atoms with E-state index in [9.17, 15) is 4.79 Å². The Morgan fingerprint density at radius 3 is 2.53 bits per heavy atom. The molecule has 0 aromatic rings. The van der Waals surface area contributed by atoms with E-state index in [4.69, 9.17) is 10.8 Å². The molecule has 1 aliphatic rings. The standard InChI is InChI=1S/C11H22N2O2/c1-13(8-3-2-4-9-14)10(15)11(12)6-5-7-11/h14H,2-9,12H2,1H3. The highest BCUT2D eigenvalue weighted by atomic mass is 16.2. The Bertz CT molecular complexity index is 215. The van der Waals surface area contributed by atoms with Crippen molar-refractivity contribution in [2.75, 3.05) is 20.2 Å². The molecular weight excluding hydrogens is 192 g/mol. The minimum absolute atomic E-state index is 0.0812. The number of carbonyl (C=O) groups excluding carboxylic acids is 1. The number of rotatable bonds is 6. The first-order valence-corrected chi connectivity index (χ1v) is 5.75. The van der Waals surface area contributed by atoms with Gasteiger partial charge in [-0.2, -0.15) is 0 Å². The van der Waals surface area contributed by atoms with Crippen molar-refractivity contribution in [1.29, 1.82) is 0 Å². The van der Waals surface area contributed by atoms with Gasteiger partial charge >= 0.3 is 0 Å². The normalized spacial score (nSPS) is 18.3. The molecule has 0 aliphatic heterocycles. The average Bonchev–Trinajstić information content (AvgIpc) is 2.19. The SMILES string of the molecule is CN(CCCCCO)C(=O)C1(N)CCC1. The Balaban J connectivity index is 2.21. The van der Waals surface area contributed by atoms with Crippen LogP contribution in [0.5, 0.6) is 0 Å². The second-order valence-electron chi connectivity index (χ2n) is 4.52. The van der Waals surface area contributed by atoms with Crippen molar-refractivity contribution in [3.05, 3.63) is 0 Å². The van der Waals surface area contributed by atoms with Crippen LogP contribution in [-0.2, 0) is 4.79 Å². The molecule has 88 valence electrons. The lowest BCUT2D eigenvalue weighted by molar-refractivity contribution is -0.138. The molecule has 4 heteroatoms. The molecule has 1 amide bonds. The summed E-state index contributed by atoms with van der Waals surface area (Å²) in [5, 5.41) is 8.62. The molecule has 0 heterocycles. The van der Waals surface area contributed by atoms with E-state index in [0.29, 0.717) is 0 Å². The summed E-state index contributed by atoms with van der Waals surface area (Å²) < 4.78 is 0. The number of amides is 1. The van der Waals surface area contributed by atoms with E-state index in [1.165, 1.54) is 0 Å². The molecule has 3 N–H and O–H groups in total. The van der Waals surface area contributed by atoms with E-state index in [1.54, 1.807) is 4.90 Å². The molecule has 15 heavy (non-hydrogen) atoms. The van der Waals surface area contributed by atoms with Crippen LogP contribution in [0.4, 0.5) is 0 Å². The lowest BCUT2D eigenvalue weighted by Crippen LogP contribution is -2.58. The van der Waals surface area contributed by atoms with Gasteiger partial charge in [-0.15, -0.1) is 0 Å². The maximum Gasteiger partial charge on any atom is 0.242 e. The van der Waals surface area contributed by atoms with Crippen LogP contribution in [0.2, 0.25) is 0 Å². The molecular formula is C11H22N2O2. The fourth-order valence-corrected chi connectivity index (χ4v) is 1.89. The van der Waals surface area contributed by atoms with Gasteiger partial charge in [-0.3, -0.25) is 4.79 Å². The third kappa shape index (κ3) is 3.18. The topological polar surface area (TPSA) is 66.6 Å². The maximum atomic E-state index is 11.9. The molecule has 1 fully saturated rings. The van der Waals surface area contributed by atoms with Crippen LogP contribution in [-0.4, -0.2) is 41.7 Å². The number of nitrogens with two attached hydrogens (primary N) is 1. The van der Waals surface area contributed by atoms with Gasteiger partial charge in [0.1, 0.15) is 0 Å². The van der Waals surface area contributed by atoms with Crippen LogP contribution in [0.15, 0.2) is 0 Å². The van der Waals surface area contributed by atoms with E-state index in [0.717, 1.165) is 45.1 Å². The van der Waals surface area contributed by atoms with Crippen LogP contribution in [0.1, 0.15) is 38.5 Å². The third-order valence-electron chi connectivity index (χ3n) is 3.17. The van der Waals surface area contributed by atoms with Gasteiger partial charge in [0.25, 0.3) is 0 Å². The number of aliphatic hydroxyl groups is 1. The van der Waals surface area contributed by atoms with E-state index < -0.39 is 5.54 Å². The third-order valence-corrected chi connectivity index (χ3v) is 3.17. The number of aliphatic hydroxyl groups excluding tert-OH is 1. The van der Waals surface area contributed by atoms with Crippen LogP contribution in [0, 0.1) is 0 Å². The Hall–Kier alpha value is -0.610. The second-order valence-corrected chi connectivity index (χ2v) is 4.52. The highest BCUT2D eigenvalue weighted by Crippen LogP contribution is 2.30. The molecule has 0 bridgehead atoms. The summed E-state index contributed by atoms with van der Waals surface area (Å²) in [6, 6.07) is 0. The van der Waals surface area contributed by atoms with Crippen LogP contribution < -0.4 is 5.73 Å². The Kier molecular flexibility index (Phi) is 4.54. The first-order chi connectivity index (χ1) is 7.10. The van der Waals surface area contributed by atoms with Crippen LogP contribution >= 0.6 is 0 Å². The molecule has 1 rings (SSSR count). The van der Waals surface area contributed by atoms with Gasteiger partial charge in [-0.25, -0.2) is 0 Å². The van der Waals surface area contributed by atoms with Crippen molar-refractivity contribution >= 4 is 5.91 Å². The fraction of sp³-hybridized carbons (Fsp3) is 0.909. The molecule has 0 unspecified atom stereocenters. The molecule has 4 nitrogen and oxygen atoms in total. The van der Waals surface area contributed by atoms with Crippen molar-refractivity contribution in [3.63, 3.8) is 0 Å². The number of likely N-dealkylation sites (N-methyl/N-ethyl adjacent to an activating group) is 1. The molecule has 0 aromatic heterocycles. The smallest absolute Gasteiger partial charge is 0.242 e. The van der Waals surface area contributed by atoms with Gasteiger partial charge in [-0.1, -0.05) is 0 Å². The van der Waals surface area contributed by atoms with E-state index >= 15 is 0 Å². The van der Waals surface area contributed by atoms with Gasteiger partial charge in [0.2, 0.25) is 5.91 Å². The van der Waals surface area contributed by atoms with Crippen LogP contribution in [0.3, 0.4) is 0 Å². The summed E-state index contributed by atoms with van der Waals surface area (Å²) in [5.74, 6) is 0.0812. The predicted octanol–water partition coefficient (Wildman–Crippen LogP) is 0.489. The van der Waals surface area contributed by atoms with Crippen molar-refractivity contribution in [1.82, 2.24) is 4.90 Å². The molecule has 0 saturated heterocycles. The van der Waals surface area contributed by atoms with Crippen LogP contribution in [0.25, 0.3) is 0 Å². The molecule has 0 radical (unpaired) electrons. The maximum absolute atomic E-state index is 11.9. The van der Waals surface area contributed by atoms with Gasteiger partial charge in [-0.05, 0) is 38.5 Å². The molecule has 0 aromatic carbocycles. The quantitative estimate of drug-likeness (QED) is 0.632. The molecule has 0 atom stereocenters. The van der Waals surface area contributed by atoms with Crippen molar-refractivity contribution in [2.24, 2.45) is 5.73 Å². The number of carbonyl (C=O) groups is 1. The summed E-state index contributed by atoms with van der Waals surface area (Å²) in [6.45, 7) is 0.982. The zero-order chi connectivity index (χ0) is 11.3. The van der Waals surface area contributed by atoms with Crippen molar-refractivity contribution in [3.8, 4) is 0 Å². The molecule has 0 spiro atoms. The van der Waals surface area contributed by atoms with Gasteiger partial charge in [0.05, 0.1) is 5.54 Å². The Morgan fingerprint density at radius 2 is 2.07 bits per heavy atom. The largest absolute Gasteiger partial charge is 0.396 e. The monoisotopic (exact) mass is 214 g/mol. The lowest BCUT2D eigenvalue weighted by atomic mass is 9.76. The Morgan fingerprint density at radius 1 is 1.40 bits per heavy atom. The zero-order valence-electron chi connectivity index (χ0n) is 9.54. The lowest BCUT2D eigenvalue weighted by Gasteiger charge is -2.39. The first kappa shape index (κ1) is 12.5. The minimum atomic E-state index is -0.564. The zero-order valence-corrected chi connectivity index (χ0v) is 9.54. The number of unbranched alkanes of at least 4 members (excludes halogenated alkanes) is 2. The van der Waals surface area contributed by atoms with Crippen molar-refractivity contribution < 1.29 is 9.90 Å². The first-order valence-electron chi connectivity index (χ1n) is 5.75. The molecule has 1 saturated carbocycles. The summed E-state index contributed by atoms with van der Waals surface area (Å²) in [6.07, 6.45) is 5.45. The van der Waals surface area contributed by atoms with Crippen molar-refractivity contribution in [2.45, 2.75) is 44.1 Å². The summed E-state index contributed by atoms with van der Waals surface area (Å²) in [4.78, 5) is 13.6. The highest BCUT2D eigenvalue weighted by molar-refractivity contribution is 5.86. The predicted molar refractivity (Wildman–Crippen MR) is 59.3 cm³/mol. The fourth-order valence-electron chi connectivity index (χ4n) is 1.89. The number of hydrogen-bond acceptors (Lipinski definition) is 3. The number of hydrogen-bond donors (Lipinski definition) is 2. The summed E-state index contributed by atoms with van der Waals surface area (Å²) in [5.41, 5.74) is 5.38. The van der Waals surface area contributed by atoms with Gasteiger partial charge in [0, 0.05) is 20.2 Å². The Labute approximate surface area is 91.4 Å². The number of nitrogens with zero attached hydrogens (tertiary/aromatic N) is 1. The van der Waals surface area contributed by atoms with Gasteiger partial charge in [0.15, 0.2) is 0 Å². The minimum Gasteiger partial charge on any atom is -0.396 e. The summed E-state index contributed by atoms with van der Waals surface area (Å²) in [7, 11) is 1.81. The van der Waals surface area contributed by atoms with E-state index in [2.05, 4.69) is 0 Å². The van der Waals surface area contributed by atoms with Gasteiger partial charge < -0.3 is 15.7 Å². The summed E-state index contributed by atoms with van der Waals surface area (Å²) >= 11 is 0. The molecule has 1 aliphatic carbocycles. The highest BCUT2D eigenvalue weighted by Gasteiger charge is 2.41.